The normalized spacial score (nSPS) is 21.8. The van der Waals surface area contributed by atoms with Crippen LogP contribution < -0.4 is 0 Å². The van der Waals surface area contributed by atoms with Crippen LogP contribution in [0.1, 0.15) is 12.5 Å². The number of urea groups is 1. The number of fused-ring (bicyclic) bond motifs is 1. The molecule has 0 fully saturated rings. The minimum Gasteiger partial charge on any atom is -0.279 e. The van der Waals surface area contributed by atoms with Crippen molar-refractivity contribution in [3.63, 3.8) is 0 Å². The lowest BCUT2D eigenvalue weighted by molar-refractivity contribution is 0.230. The second kappa shape index (κ2) is 6.16. The molecular weight excluding hydrogens is 326 g/mol. The zero-order valence-electron chi connectivity index (χ0n) is 13.4. The molecule has 1 atom stereocenters. The predicted molar refractivity (Wildman–Crippen MR) is 92.8 cm³/mol. The van der Waals surface area contributed by atoms with Gasteiger partial charge in [0.05, 0.1) is 16.5 Å². The summed E-state index contributed by atoms with van der Waals surface area (Å²) in [6.07, 6.45) is 7.04. The number of carbonyl (C=O) groups is 1. The number of benzene rings is 1. The molecule has 124 valence electrons. The first-order valence-electron chi connectivity index (χ1n) is 7.59. The van der Waals surface area contributed by atoms with Crippen LogP contribution in [0, 0.1) is 12.8 Å². The van der Waals surface area contributed by atoms with Crippen molar-refractivity contribution < 1.29 is 13.2 Å². The van der Waals surface area contributed by atoms with E-state index in [1.54, 1.807) is 43.4 Å². The summed E-state index contributed by atoms with van der Waals surface area (Å²) in [5.41, 5.74) is 1.46. The Kier molecular flexibility index (Phi) is 4.19. The molecule has 0 radical (unpaired) electrons. The Labute approximate surface area is 141 Å². The number of amides is 2. The molecule has 0 spiro atoms. The number of hydrogen-bond donors (Lipinski definition) is 0. The third-order valence-corrected chi connectivity index (χ3v) is 5.15. The van der Waals surface area contributed by atoms with Gasteiger partial charge in [0.2, 0.25) is 0 Å². The van der Waals surface area contributed by atoms with Crippen LogP contribution in [0.15, 0.2) is 62.9 Å². The van der Waals surface area contributed by atoms with E-state index in [1.165, 1.54) is 17.0 Å². The molecule has 2 aliphatic rings. The minimum atomic E-state index is -3.91. The molecule has 6 nitrogen and oxygen atoms in total. The third kappa shape index (κ3) is 2.94. The number of aryl methyl sites for hydroxylation is 1. The van der Waals surface area contributed by atoms with Crippen LogP contribution in [0.25, 0.3) is 0 Å². The molecule has 0 saturated heterocycles. The van der Waals surface area contributed by atoms with E-state index >= 15 is 0 Å². The van der Waals surface area contributed by atoms with E-state index in [2.05, 4.69) is 9.39 Å². The first-order valence-corrected chi connectivity index (χ1v) is 9.03. The lowest BCUT2D eigenvalue weighted by Gasteiger charge is -2.30. The van der Waals surface area contributed by atoms with Gasteiger partial charge in [-0.1, -0.05) is 35.9 Å². The van der Waals surface area contributed by atoms with Gasteiger partial charge < -0.3 is 0 Å². The largest absolute Gasteiger partial charge is 0.349 e. The van der Waals surface area contributed by atoms with Crippen LogP contribution in [-0.2, 0) is 10.0 Å². The van der Waals surface area contributed by atoms with Crippen LogP contribution in [0.4, 0.5) is 4.79 Å². The summed E-state index contributed by atoms with van der Waals surface area (Å²) >= 11 is 0. The lowest BCUT2D eigenvalue weighted by atomic mass is 9.95. The summed E-state index contributed by atoms with van der Waals surface area (Å²) in [4.78, 5) is 17.6. The van der Waals surface area contributed by atoms with E-state index < -0.39 is 22.0 Å². The summed E-state index contributed by atoms with van der Waals surface area (Å²) in [5.74, 6) is -0.249. The number of sulfonamides is 1. The van der Waals surface area contributed by atoms with Gasteiger partial charge in [0.25, 0.3) is 10.0 Å². The van der Waals surface area contributed by atoms with Gasteiger partial charge in [-0.2, -0.15) is 13.4 Å². The molecule has 3 rings (SSSR count). The van der Waals surface area contributed by atoms with Crippen molar-refractivity contribution >= 4 is 27.6 Å². The molecule has 0 aromatic heterocycles. The summed E-state index contributed by atoms with van der Waals surface area (Å²) in [7, 11) is -3.91. The van der Waals surface area contributed by atoms with Crippen molar-refractivity contribution in [2.24, 2.45) is 15.3 Å². The Morgan fingerprint density at radius 2 is 1.92 bits per heavy atom. The number of aliphatic imine (C=N–C) groups is 1. The molecule has 1 aromatic rings. The highest BCUT2D eigenvalue weighted by Gasteiger charge is 2.34. The van der Waals surface area contributed by atoms with Gasteiger partial charge in [-0.05, 0) is 32.1 Å². The second-order valence-corrected chi connectivity index (χ2v) is 7.13. The van der Waals surface area contributed by atoms with Crippen LogP contribution in [0.2, 0.25) is 0 Å². The lowest BCUT2D eigenvalue weighted by Crippen LogP contribution is -2.46. The van der Waals surface area contributed by atoms with E-state index in [4.69, 9.17) is 0 Å². The Morgan fingerprint density at radius 1 is 1.21 bits per heavy atom. The van der Waals surface area contributed by atoms with E-state index in [1.807, 2.05) is 6.92 Å². The van der Waals surface area contributed by atoms with Gasteiger partial charge in [-0.25, -0.2) is 4.79 Å². The molecule has 1 aliphatic carbocycles. The Morgan fingerprint density at radius 3 is 2.58 bits per heavy atom. The second-order valence-electron chi connectivity index (χ2n) is 5.52. The maximum atomic E-state index is 12.6. The standard InChI is InChI=1S/C17H17N3O3S/c1-3-20-16(14-6-4-5-7-15(14)18-17(20)21)19-24(22,23)13-10-8-12(2)9-11-13/h4-11,14H,3H2,1-2H3/b19-16-. The predicted octanol–water partition coefficient (Wildman–Crippen LogP) is 2.72. The summed E-state index contributed by atoms with van der Waals surface area (Å²) in [6.45, 7) is 3.93. The molecule has 0 saturated carbocycles. The quantitative estimate of drug-likeness (QED) is 0.846. The monoisotopic (exact) mass is 343 g/mol. The topological polar surface area (TPSA) is 79.2 Å². The molecule has 1 aromatic carbocycles. The van der Waals surface area contributed by atoms with Crippen LogP contribution in [-0.4, -0.2) is 37.4 Å². The fourth-order valence-electron chi connectivity index (χ4n) is 2.58. The Hall–Kier alpha value is -2.54. The molecule has 0 N–H and O–H groups in total. The Balaban J connectivity index is 2.10. The Bertz CT molecular complexity index is 894. The van der Waals surface area contributed by atoms with Crippen LogP contribution in [0.5, 0.6) is 0 Å². The minimum absolute atomic E-state index is 0.100. The van der Waals surface area contributed by atoms with E-state index in [-0.39, 0.29) is 10.7 Å². The molecule has 7 heteroatoms. The number of carbonyl (C=O) groups excluding carboxylic acids is 1. The van der Waals surface area contributed by atoms with Gasteiger partial charge in [0, 0.05) is 6.54 Å². The van der Waals surface area contributed by atoms with Crippen molar-refractivity contribution in [3.05, 3.63) is 54.1 Å². The molecule has 24 heavy (non-hydrogen) atoms. The average molecular weight is 343 g/mol. The zero-order chi connectivity index (χ0) is 17.3. The fourth-order valence-corrected chi connectivity index (χ4v) is 3.63. The van der Waals surface area contributed by atoms with Gasteiger partial charge >= 0.3 is 6.03 Å². The van der Waals surface area contributed by atoms with Crippen molar-refractivity contribution in [1.82, 2.24) is 4.90 Å². The van der Waals surface area contributed by atoms with E-state index in [9.17, 15) is 13.2 Å². The zero-order valence-corrected chi connectivity index (χ0v) is 14.2. The number of hydrogen-bond acceptors (Lipinski definition) is 3. The first kappa shape index (κ1) is 16.3. The highest BCUT2D eigenvalue weighted by Crippen LogP contribution is 2.23. The van der Waals surface area contributed by atoms with Gasteiger partial charge in [0.15, 0.2) is 0 Å². The third-order valence-electron chi connectivity index (χ3n) is 3.86. The van der Waals surface area contributed by atoms with Crippen molar-refractivity contribution in [2.75, 3.05) is 6.54 Å². The maximum Gasteiger partial charge on any atom is 0.349 e. The fraction of sp³-hybridized carbons (Fsp3) is 0.235. The van der Waals surface area contributed by atoms with Gasteiger partial charge in [0.1, 0.15) is 5.84 Å². The highest BCUT2D eigenvalue weighted by atomic mass is 32.2. The molecule has 2 amide bonds. The summed E-state index contributed by atoms with van der Waals surface area (Å²) < 4.78 is 29.3. The number of amidine groups is 1. The highest BCUT2D eigenvalue weighted by molar-refractivity contribution is 7.90. The van der Waals surface area contributed by atoms with E-state index in [0.29, 0.717) is 12.3 Å². The van der Waals surface area contributed by atoms with Crippen LogP contribution >= 0.6 is 0 Å². The van der Waals surface area contributed by atoms with Crippen molar-refractivity contribution in [2.45, 2.75) is 18.7 Å². The van der Waals surface area contributed by atoms with Gasteiger partial charge in [-0.3, -0.25) is 4.90 Å². The summed E-state index contributed by atoms with van der Waals surface area (Å²) in [5, 5.41) is 0. The summed E-state index contributed by atoms with van der Waals surface area (Å²) in [6, 6.07) is 5.96. The van der Waals surface area contributed by atoms with Crippen molar-refractivity contribution in [3.8, 4) is 0 Å². The SMILES string of the molecule is CCN1C(=O)N=C2C=CC=CC2/C1=N/S(=O)(=O)c1ccc(C)cc1. The molecule has 1 heterocycles. The number of nitrogens with zero attached hydrogens (tertiary/aromatic N) is 3. The number of allylic oxidation sites excluding steroid dienone is 3. The van der Waals surface area contributed by atoms with Gasteiger partial charge in [-0.15, -0.1) is 4.40 Å². The van der Waals surface area contributed by atoms with Crippen molar-refractivity contribution in [1.29, 1.82) is 0 Å². The maximum absolute atomic E-state index is 12.6. The number of rotatable bonds is 3. The van der Waals surface area contributed by atoms with E-state index in [0.717, 1.165) is 5.56 Å². The molecule has 0 bridgehead atoms. The first-order chi connectivity index (χ1) is 11.4. The molecule has 1 aliphatic heterocycles. The smallest absolute Gasteiger partial charge is 0.279 e. The van der Waals surface area contributed by atoms with Crippen LogP contribution in [0.3, 0.4) is 0 Å². The molecular formula is C17H17N3O3S. The average Bonchev–Trinajstić information content (AvgIpc) is 2.55. The molecule has 1 unspecified atom stereocenters.